The van der Waals surface area contributed by atoms with Gasteiger partial charge in [-0.15, -0.1) is 0 Å². The Morgan fingerprint density at radius 3 is 2.25 bits per heavy atom. The number of carbonyl (C=O) groups is 2. The second kappa shape index (κ2) is 7.89. The number of nitrogens with one attached hydrogen (secondary N) is 1. The molecular weight excluding hydrogens is 327 g/mol. The Hall–Kier alpha value is -1.73. The van der Waals surface area contributed by atoms with E-state index in [0.717, 1.165) is 0 Å². The number of hydrogen-bond donors (Lipinski definition) is 2. The average molecular weight is 354 g/mol. The van der Waals surface area contributed by atoms with Crippen LogP contribution in [0, 0.1) is 5.82 Å². The molecular formula is C17H27FN2O3Si. The van der Waals surface area contributed by atoms with Crippen LogP contribution in [0.2, 0.25) is 18.1 Å². The Bertz CT molecular complexity index is 582. The van der Waals surface area contributed by atoms with E-state index in [-0.39, 0.29) is 10.6 Å². The van der Waals surface area contributed by atoms with Crippen LogP contribution >= 0.6 is 0 Å². The van der Waals surface area contributed by atoms with Crippen LogP contribution in [0.3, 0.4) is 0 Å². The van der Waals surface area contributed by atoms with E-state index in [9.17, 15) is 14.0 Å². The van der Waals surface area contributed by atoms with Gasteiger partial charge in [-0.1, -0.05) is 20.8 Å². The van der Waals surface area contributed by atoms with E-state index in [1.54, 1.807) is 0 Å². The van der Waals surface area contributed by atoms with E-state index in [4.69, 9.17) is 10.2 Å². The maximum Gasteiger partial charge on any atom is 0.251 e. The molecule has 134 valence electrons. The molecule has 0 radical (unpaired) electrons. The van der Waals surface area contributed by atoms with Crippen LogP contribution in [0.15, 0.2) is 24.3 Å². The second-order valence-corrected chi connectivity index (χ2v) is 12.1. The molecule has 1 aromatic rings. The first-order valence-corrected chi connectivity index (χ1v) is 10.8. The molecule has 1 atom stereocenters. The number of benzene rings is 1. The van der Waals surface area contributed by atoms with Gasteiger partial charge in [-0.05, 0) is 48.8 Å². The zero-order valence-electron chi connectivity index (χ0n) is 15.0. The summed E-state index contributed by atoms with van der Waals surface area (Å²) in [6, 6.07) is 4.26. The van der Waals surface area contributed by atoms with Gasteiger partial charge in [-0.3, -0.25) is 9.59 Å². The van der Waals surface area contributed by atoms with Gasteiger partial charge in [0.1, 0.15) is 11.9 Å². The van der Waals surface area contributed by atoms with E-state index >= 15 is 0 Å². The van der Waals surface area contributed by atoms with E-state index in [1.165, 1.54) is 24.3 Å². The molecule has 0 unspecified atom stereocenters. The van der Waals surface area contributed by atoms with Crippen LogP contribution < -0.4 is 11.1 Å². The summed E-state index contributed by atoms with van der Waals surface area (Å²) in [5.74, 6) is -1.52. The van der Waals surface area contributed by atoms with E-state index in [1.807, 2.05) is 0 Å². The fourth-order valence-corrected chi connectivity index (χ4v) is 2.84. The van der Waals surface area contributed by atoms with Crippen LogP contribution in [0.1, 0.15) is 37.6 Å². The summed E-state index contributed by atoms with van der Waals surface area (Å²) in [5.41, 5.74) is 5.64. The summed E-state index contributed by atoms with van der Waals surface area (Å²) in [5, 5.41) is 2.64. The zero-order valence-corrected chi connectivity index (χ0v) is 16.0. The van der Waals surface area contributed by atoms with Crippen molar-refractivity contribution < 1.29 is 18.4 Å². The summed E-state index contributed by atoms with van der Waals surface area (Å²) >= 11 is 0. The van der Waals surface area contributed by atoms with Gasteiger partial charge in [-0.2, -0.15) is 0 Å². The normalized spacial score (nSPS) is 13.4. The maximum atomic E-state index is 12.9. The van der Waals surface area contributed by atoms with Crippen molar-refractivity contribution in [2.45, 2.75) is 51.4 Å². The molecule has 1 rings (SSSR count). The van der Waals surface area contributed by atoms with Gasteiger partial charge in [-0.25, -0.2) is 4.39 Å². The Balaban J connectivity index is 2.63. The SMILES string of the molecule is CC(C)(C)[Si](C)(C)OCC[C@@H](NC(=O)c1ccc(F)cc1)C(N)=O. The summed E-state index contributed by atoms with van der Waals surface area (Å²) in [7, 11) is -1.92. The first-order valence-electron chi connectivity index (χ1n) is 7.94. The number of carbonyl (C=O) groups excluding carboxylic acids is 2. The molecule has 0 aliphatic carbocycles. The van der Waals surface area contributed by atoms with Crippen molar-refractivity contribution in [1.29, 1.82) is 0 Å². The molecule has 0 aliphatic heterocycles. The van der Waals surface area contributed by atoms with Gasteiger partial charge in [0, 0.05) is 12.2 Å². The van der Waals surface area contributed by atoms with Crippen LogP contribution in [0.25, 0.3) is 0 Å². The molecule has 0 saturated heterocycles. The number of amides is 2. The third-order valence-corrected chi connectivity index (χ3v) is 8.97. The van der Waals surface area contributed by atoms with Crippen molar-refractivity contribution in [2.75, 3.05) is 6.61 Å². The summed E-state index contributed by atoms with van der Waals surface area (Å²) in [6.07, 6.45) is 0.300. The van der Waals surface area contributed by atoms with Gasteiger partial charge in [0.25, 0.3) is 5.91 Å². The molecule has 0 aliphatic rings. The van der Waals surface area contributed by atoms with Crippen molar-refractivity contribution in [3.05, 3.63) is 35.6 Å². The van der Waals surface area contributed by atoms with Gasteiger partial charge < -0.3 is 15.5 Å². The average Bonchev–Trinajstić information content (AvgIpc) is 2.45. The van der Waals surface area contributed by atoms with Gasteiger partial charge in [0.05, 0.1) is 0 Å². The summed E-state index contributed by atoms with van der Waals surface area (Å²) in [4.78, 5) is 23.7. The highest BCUT2D eigenvalue weighted by Gasteiger charge is 2.37. The third-order valence-electron chi connectivity index (χ3n) is 4.43. The highest BCUT2D eigenvalue weighted by molar-refractivity contribution is 6.74. The monoisotopic (exact) mass is 354 g/mol. The minimum Gasteiger partial charge on any atom is -0.417 e. The van der Waals surface area contributed by atoms with Gasteiger partial charge >= 0.3 is 0 Å². The van der Waals surface area contributed by atoms with Crippen LogP contribution in [0.4, 0.5) is 4.39 Å². The summed E-state index contributed by atoms with van der Waals surface area (Å²) in [6.45, 7) is 10.9. The smallest absolute Gasteiger partial charge is 0.251 e. The number of rotatable bonds is 7. The Morgan fingerprint density at radius 2 is 1.79 bits per heavy atom. The van der Waals surface area contributed by atoms with Crippen molar-refractivity contribution in [3.63, 3.8) is 0 Å². The Morgan fingerprint density at radius 1 is 1.25 bits per heavy atom. The lowest BCUT2D eigenvalue weighted by Crippen LogP contribution is -2.47. The number of nitrogens with two attached hydrogens (primary N) is 1. The van der Waals surface area contributed by atoms with Crippen LogP contribution in [-0.4, -0.2) is 32.8 Å². The fraction of sp³-hybridized carbons (Fsp3) is 0.529. The molecule has 0 spiro atoms. The lowest BCUT2D eigenvalue weighted by Gasteiger charge is -2.36. The van der Waals surface area contributed by atoms with Crippen LogP contribution in [-0.2, 0) is 9.22 Å². The molecule has 7 heteroatoms. The Labute approximate surface area is 143 Å². The molecule has 0 aromatic heterocycles. The predicted octanol–water partition coefficient (Wildman–Crippen LogP) is 2.82. The first kappa shape index (κ1) is 20.3. The standard InChI is InChI=1S/C17H27FN2O3Si/c1-17(2,3)24(4,5)23-11-10-14(15(19)21)20-16(22)12-6-8-13(18)9-7-12/h6-9,14H,10-11H2,1-5H3,(H2,19,21)(H,20,22)/t14-/m1/s1. The van der Waals surface area contributed by atoms with Crippen molar-refractivity contribution in [1.82, 2.24) is 5.32 Å². The molecule has 0 heterocycles. The first-order chi connectivity index (χ1) is 10.9. The van der Waals surface area contributed by atoms with Gasteiger partial charge in [0.15, 0.2) is 8.32 Å². The zero-order chi connectivity index (χ0) is 18.5. The highest BCUT2D eigenvalue weighted by atomic mass is 28.4. The quantitative estimate of drug-likeness (QED) is 0.739. The molecule has 0 saturated carbocycles. The Kier molecular flexibility index (Phi) is 6.68. The van der Waals surface area contributed by atoms with Crippen molar-refractivity contribution in [3.8, 4) is 0 Å². The largest absolute Gasteiger partial charge is 0.417 e. The molecule has 1 aromatic carbocycles. The molecule has 0 bridgehead atoms. The van der Waals surface area contributed by atoms with E-state index in [2.05, 4.69) is 39.2 Å². The fourth-order valence-electron chi connectivity index (χ4n) is 1.78. The molecule has 3 N–H and O–H groups in total. The molecule has 2 amide bonds. The van der Waals surface area contributed by atoms with Crippen molar-refractivity contribution >= 4 is 20.1 Å². The second-order valence-electron chi connectivity index (χ2n) is 7.33. The molecule has 24 heavy (non-hydrogen) atoms. The van der Waals surface area contributed by atoms with Crippen molar-refractivity contribution in [2.24, 2.45) is 5.73 Å². The molecule has 0 fully saturated rings. The minimum atomic E-state index is -1.92. The number of hydrogen-bond acceptors (Lipinski definition) is 3. The van der Waals surface area contributed by atoms with E-state index in [0.29, 0.717) is 13.0 Å². The van der Waals surface area contributed by atoms with Crippen LogP contribution in [0.5, 0.6) is 0 Å². The number of halogens is 1. The predicted molar refractivity (Wildman–Crippen MR) is 94.6 cm³/mol. The number of primary amides is 1. The minimum absolute atomic E-state index is 0.0621. The summed E-state index contributed by atoms with van der Waals surface area (Å²) < 4.78 is 18.9. The molecule has 5 nitrogen and oxygen atoms in total. The highest BCUT2D eigenvalue weighted by Crippen LogP contribution is 2.36. The lowest BCUT2D eigenvalue weighted by molar-refractivity contribution is -0.120. The third kappa shape index (κ3) is 5.72. The van der Waals surface area contributed by atoms with E-state index < -0.39 is 32.0 Å². The van der Waals surface area contributed by atoms with Gasteiger partial charge in [0.2, 0.25) is 5.91 Å². The maximum absolute atomic E-state index is 12.9. The lowest BCUT2D eigenvalue weighted by atomic mass is 10.1. The topological polar surface area (TPSA) is 81.4 Å².